The Morgan fingerprint density at radius 3 is 2.15 bits per heavy atom. The molecule has 0 rings (SSSR count). The van der Waals surface area contributed by atoms with E-state index in [2.05, 4.69) is 17.2 Å². The highest BCUT2D eigenvalue weighted by Crippen LogP contribution is 2.23. The lowest BCUT2D eigenvalue weighted by Crippen LogP contribution is -2.57. The molecule has 33 heavy (non-hydrogen) atoms. The summed E-state index contributed by atoms with van der Waals surface area (Å²) in [6, 6.07) is -1.72. The van der Waals surface area contributed by atoms with Crippen molar-refractivity contribution in [1.82, 2.24) is 20.4 Å². The fraction of sp³-hybridized carbons (Fsp3) is 0.739. The topological polar surface area (TPSA) is 108 Å². The molecule has 0 heterocycles. The van der Waals surface area contributed by atoms with Gasteiger partial charge in [0.25, 0.3) is 5.91 Å². The molecule has 0 fully saturated rings. The number of likely N-dealkylation sites (N-methyl/N-ethyl adjacent to an activating group) is 3. The number of hydrogen-bond acceptors (Lipinski definition) is 6. The maximum Gasteiger partial charge on any atom is 0.270 e. The van der Waals surface area contributed by atoms with Crippen LogP contribution in [-0.2, 0) is 23.9 Å². The summed E-state index contributed by atoms with van der Waals surface area (Å²) in [4.78, 5) is 53.5. The first kappa shape index (κ1) is 30.9. The van der Waals surface area contributed by atoms with Crippen molar-refractivity contribution >= 4 is 35.4 Å². The first-order valence-electron chi connectivity index (χ1n) is 11.1. The standard InChI is InChI=1S/C23H42N4O5S/c1-11-12-18(28)26(8)16(4)22(31)27(9)17(13-23(5,6)32-14-33-10)20(29)25-19(15(2)3)21(30)24-7/h15,17,19H,4,11-14H2,1-3,5-10H3,(H,24,30)(H,25,29)/t17-,19-/m0/s1. The second kappa shape index (κ2) is 14.2. The molecule has 0 aromatic heterocycles. The molecule has 0 spiro atoms. The molecule has 0 radical (unpaired) electrons. The van der Waals surface area contributed by atoms with Gasteiger partial charge in [0.2, 0.25) is 17.7 Å². The molecule has 0 aliphatic carbocycles. The van der Waals surface area contributed by atoms with Crippen LogP contribution >= 0.6 is 11.8 Å². The molecule has 0 unspecified atom stereocenters. The van der Waals surface area contributed by atoms with Crippen molar-refractivity contribution in [3.63, 3.8) is 0 Å². The fourth-order valence-corrected chi connectivity index (χ4v) is 3.55. The first-order valence-corrected chi connectivity index (χ1v) is 12.5. The van der Waals surface area contributed by atoms with Gasteiger partial charge in [-0.05, 0) is 32.4 Å². The smallest absolute Gasteiger partial charge is 0.270 e. The minimum Gasteiger partial charge on any atom is -0.365 e. The fourth-order valence-electron chi connectivity index (χ4n) is 3.11. The Kier molecular flexibility index (Phi) is 13.4. The zero-order chi connectivity index (χ0) is 25.9. The van der Waals surface area contributed by atoms with Crippen molar-refractivity contribution < 1.29 is 23.9 Å². The van der Waals surface area contributed by atoms with Crippen LogP contribution in [0.2, 0.25) is 0 Å². The number of carbonyl (C=O) groups is 4. The highest BCUT2D eigenvalue weighted by molar-refractivity contribution is 7.98. The van der Waals surface area contributed by atoms with E-state index < -0.39 is 29.5 Å². The Morgan fingerprint density at radius 2 is 1.70 bits per heavy atom. The molecule has 10 heteroatoms. The number of rotatable bonds is 14. The molecule has 190 valence electrons. The maximum absolute atomic E-state index is 13.3. The van der Waals surface area contributed by atoms with E-state index in [1.54, 1.807) is 0 Å². The summed E-state index contributed by atoms with van der Waals surface area (Å²) in [5.41, 5.74) is -0.756. The van der Waals surface area contributed by atoms with Crippen LogP contribution < -0.4 is 10.6 Å². The molecule has 0 aromatic rings. The van der Waals surface area contributed by atoms with E-state index in [-0.39, 0.29) is 36.3 Å². The predicted molar refractivity (Wildman–Crippen MR) is 132 cm³/mol. The van der Waals surface area contributed by atoms with Crippen LogP contribution in [-0.4, -0.2) is 84.5 Å². The van der Waals surface area contributed by atoms with Crippen LogP contribution in [0.4, 0.5) is 0 Å². The normalized spacial score (nSPS) is 13.2. The molecule has 0 aliphatic heterocycles. The van der Waals surface area contributed by atoms with E-state index in [1.807, 2.05) is 40.9 Å². The van der Waals surface area contributed by atoms with E-state index in [1.165, 1.54) is 42.7 Å². The third-order valence-electron chi connectivity index (χ3n) is 5.33. The van der Waals surface area contributed by atoms with Gasteiger partial charge in [-0.15, -0.1) is 11.8 Å². The van der Waals surface area contributed by atoms with Gasteiger partial charge in [-0.1, -0.05) is 27.4 Å². The van der Waals surface area contributed by atoms with Gasteiger partial charge in [-0.25, -0.2) is 0 Å². The Balaban J connectivity index is 5.92. The molecule has 0 saturated carbocycles. The molecule has 4 amide bonds. The zero-order valence-electron chi connectivity index (χ0n) is 21.6. The molecular weight excluding hydrogens is 444 g/mol. The quantitative estimate of drug-likeness (QED) is 0.287. The molecule has 0 saturated heterocycles. The van der Waals surface area contributed by atoms with Crippen LogP contribution in [0.1, 0.15) is 53.9 Å². The lowest BCUT2D eigenvalue weighted by Gasteiger charge is -2.36. The predicted octanol–water partition coefficient (Wildman–Crippen LogP) is 1.98. The molecule has 0 aliphatic rings. The summed E-state index contributed by atoms with van der Waals surface area (Å²) in [6.07, 6.45) is 3.01. The molecule has 2 atom stereocenters. The largest absolute Gasteiger partial charge is 0.365 e. The van der Waals surface area contributed by atoms with E-state index in [4.69, 9.17) is 4.74 Å². The summed E-state index contributed by atoms with van der Waals surface area (Å²) in [5.74, 6) is -1.32. The Bertz CT molecular complexity index is 711. The highest BCUT2D eigenvalue weighted by Gasteiger charge is 2.37. The first-order chi connectivity index (χ1) is 15.2. The van der Waals surface area contributed by atoms with Crippen molar-refractivity contribution in [1.29, 1.82) is 0 Å². The number of nitrogens with one attached hydrogen (secondary N) is 2. The van der Waals surface area contributed by atoms with Crippen LogP contribution in [0.15, 0.2) is 12.3 Å². The molecule has 0 aromatic carbocycles. The lowest BCUT2D eigenvalue weighted by atomic mass is 9.95. The van der Waals surface area contributed by atoms with Gasteiger partial charge in [0.15, 0.2) is 0 Å². The minimum atomic E-state index is -0.952. The molecular formula is C23H42N4O5S. The number of ether oxygens (including phenoxy) is 1. The number of thioether (sulfide) groups is 1. The van der Waals surface area contributed by atoms with Gasteiger partial charge < -0.3 is 25.2 Å². The zero-order valence-corrected chi connectivity index (χ0v) is 22.4. The molecule has 0 bridgehead atoms. The van der Waals surface area contributed by atoms with Crippen molar-refractivity contribution in [2.75, 3.05) is 33.3 Å². The van der Waals surface area contributed by atoms with Gasteiger partial charge in [0, 0.05) is 34.0 Å². The summed E-state index contributed by atoms with van der Waals surface area (Å²) in [5, 5.41) is 5.33. The summed E-state index contributed by atoms with van der Waals surface area (Å²) >= 11 is 1.50. The van der Waals surface area contributed by atoms with Crippen molar-refractivity contribution in [2.45, 2.75) is 71.6 Å². The van der Waals surface area contributed by atoms with Crippen LogP contribution in [0.5, 0.6) is 0 Å². The van der Waals surface area contributed by atoms with Crippen molar-refractivity contribution in [3.8, 4) is 0 Å². The summed E-state index contributed by atoms with van der Waals surface area (Å²) in [6.45, 7) is 13.0. The average molecular weight is 487 g/mol. The Hall–Kier alpha value is -2.07. The number of nitrogens with zero attached hydrogens (tertiary/aromatic N) is 2. The third kappa shape index (κ3) is 9.75. The van der Waals surface area contributed by atoms with Gasteiger partial charge in [0.1, 0.15) is 17.8 Å². The average Bonchev–Trinajstić information content (AvgIpc) is 2.76. The minimum absolute atomic E-state index is 0.0247. The number of amides is 4. The third-order valence-corrected chi connectivity index (χ3v) is 5.68. The highest BCUT2D eigenvalue weighted by atomic mass is 32.2. The van der Waals surface area contributed by atoms with Crippen molar-refractivity contribution in [3.05, 3.63) is 12.3 Å². The molecule has 9 nitrogen and oxygen atoms in total. The Labute approximate surface area is 203 Å². The van der Waals surface area contributed by atoms with Gasteiger partial charge >= 0.3 is 0 Å². The van der Waals surface area contributed by atoms with Crippen molar-refractivity contribution in [2.24, 2.45) is 5.92 Å². The SMILES string of the molecule is C=C(C(=O)N(C)[C@@H](CC(C)(C)OCSC)C(=O)N[C@H](C(=O)NC)C(C)C)N(C)C(=O)CCC. The maximum atomic E-state index is 13.3. The van der Waals surface area contributed by atoms with Gasteiger partial charge in [-0.2, -0.15) is 0 Å². The van der Waals surface area contributed by atoms with Crippen LogP contribution in [0, 0.1) is 5.92 Å². The molecule has 2 N–H and O–H groups in total. The Morgan fingerprint density at radius 1 is 1.12 bits per heavy atom. The number of carbonyl (C=O) groups excluding carboxylic acids is 4. The van der Waals surface area contributed by atoms with E-state index >= 15 is 0 Å². The van der Waals surface area contributed by atoms with E-state index in [0.717, 1.165) is 0 Å². The van der Waals surface area contributed by atoms with Crippen LogP contribution in [0.3, 0.4) is 0 Å². The van der Waals surface area contributed by atoms with Gasteiger partial charge in [0.05, 0.1) is 11.5 Å². The second-order valence-corrected chi connectivity index (χ2v) is 9.75. The van der Waals surface area contributed by atoms with E-state index in [0.29, 0.717) is 12.4 Å². The van der Waals surface area contributed by atoms with Crippen LogP contribution in [0.25, 0.3) is 0 Å². The number of hydrogen-bond donors (Lipinski definition) is 2. The van der Waals surface area contributed by atoms with E-state index in [9.17, 15) is 19.2 Å². The second-order valence-electron chi connectivity index (χ2n) is 8.94. The van der Waals surface area contributed by atoms with Gasteiger partial charge in [-0.3, -0.25) is 19.2 Å². The summed E-state index contributed by atoms with van der Waals surface area (Å²) < 4.78 is 5.87. The monoisotopic (exact) mass is 486 g/mol. The summed E-state index contributed by atoms with van der Waals surface area (Å²) in [7, 11) is 4.49. The lowest BCUT2D eigenvalue weighted by molar-refractivity contribution is -0.143.